The second-order valence-electron chi connectivity index (χ2n) is 5.82. The lowest BCUT2D eigenvalue weighted by Crippen LogP contribution is -2.18. The molecule has 19 heavy (non-hydrogen) atoms. The number of hydrogen-bond donors (Lipinski definition) is 0. The Bertz CT molecular complexity index is 442. The van der Waals surface area contributed by atoms with Crippen molar-refractivity contribution in [2.75, 3.05) is 7.11 Å². The summed E-state index contributed by atoms with van der Waals surface area (Å²) in [6.07, 6.45) is 0. The van der Waals surface area contributed by atoms with Crippen molar-refractivity contribution in [3.8, 4) is 5.75 Å². The van der Waals surface area contributed by atoms with Gasteiger partial charge in [0.05, 0.1) is 11.6 Å². The molecule has 2 nitrogen and oxygen atoms in total. The van der Waals surface area contributed by atoms with Crippen LogP contribution in [0.25, 0.3) is 0 Å². The summed E-state index contributed by atoms with van der Waals surface area (Å²) in [7, 11) is 0.573. The van der Waals surface area contributed by atoms with Crippen molar-refractivity contribution in [2.24, 2.45) is 0 Å². The molecular formula is C14H22Br2O2Si. The molecule has 0 bridgehead atoms. The molecule has 1 unspecified atom stereocenters. The Balaban J connectivity index is 3.33. The predicted octanol–water partition coefficient (Wildman–Crippen LogP) is 5.15. The maximum Gasteiger partial charge on any atom is 0.172 e. The number of methoxy groups -OCH3 is 1. The van der Waals surface area contributed by atoms with E-state index in [2.05, 4.69) is 77.9 Å². The van der Waals surface area contributed by atoms with E-state index < -0.39 is 9.04 Å². The third-order valence-corrected chi connectivity index (χ3v) is 5.31. The Morgan fingerprint density at radius 1 is 1.21 bits per heavy atom. The lowest BCUT2D eigenvalue weighted by molar-refractivity contribution is 0.304. The van der Waals surface area contributed by atoms with Crippen molar-refractivity contribution in [3.63, 3.8) is 0 Å². The van der Waals surface area contributed by atoms with Gasteiger partial charge in [0.25, 0.3) is 0 Å². The molecule has 1 atom stereocenters. The van der Waals surface area contributed by atoms with Gasteiger partial charge in [0, 0.05) is 0 Å². The van der Waals surface area contributed by atoms with Crippen molar-refractivity contribution in [1.29, 1.82) is 0 Å². The fraction of sp³-hybridized carbons (Fsp3) is 0.571. The van der Waals surface area contributed by atoms with E-state index in [9.17, 15) is 0 Å². The molecule has 0 saturated heterocycles. The van der Waals surface area contributed by atoms with E-state index in [0.29, 0.717) is 0 Å². The van der Waals surface area contributed by atoms with Crippen LogP contribution >= 0.6 is 31.9 Å². The predicted molar refractivity (Wildman–Crippen MR) is 91.0 cm³/mol. The minimum atomic E-state index is -1.11. The van der Waals surface area contributed by atoms with E-state index in [1.54, 1.807) is 7.11 Å². The molecule has 0 aliphatic carbocycles. The summed E-state index contributed by atoms with van der Waals surface area (Å²) >= 11 is 7.22. The van der Waals surface area contributed by atoms with E-state index >= 15 is 0 Å². The molecule has 108 valence electrons. The molecule has 0 N–H and O–H groups in total. The van der Waals surface area contributed by atoms with Crippen LogP contribution in [0.3, 0.4) is 0 Å². The number of ether oxygens (including phenoxy) is 1. The summed E-state index contributed by atoms with van der Waals surface area (Å²) in [5.41, 5.74) is 2.46. The molecule has 1 rings (SSSR count). The SMILES string of the molecule is COc1cc(C(Br)O[SiH](C)C)c(C(C)(C)C)cc1Br. The van der Waals surface area contributed by atoms with Gasteiger partial charge in [-0.1, -0.05) is 36.7 Å². The Labute approximate surface area is 134 Å². The van der Waals surface area contributed by atoms with Crippen molar-refractivity contribution < 1.29 is 9.16 Å². The largest absolute Gasteiger partial charge is 0.496 e. The maximum absolute atomic E-state index is 6.00. The van der Waals surface area contributed by atoms with Crippen molar-refractivity contribution in [2.45, 2.75) is 44.3 Å². The van der Waals surface area contributed by atoms with Gasteiger partial charge in [0.2, 0.25) is 0 Å². The molecule has 0 radical (unpaired) electrons. The van der Waals surface area contributed by atoms with Crippen LogP contribution in [-0.2, 0) is 9.84 Å². The molecule has 0 spiro atoms. The molecule has 0 aliphatic rings. The van der Waals surface area contributed by atoms with Crippen molar-refractivity contribution in [1.82, 2.24) is 0 Å². The molecule has 0 aromatic heterocycles. The average Bonchev–Trinajstić information content (AvgIpc) is 2.26. The van der Waals surface area contributed by atoms with Gasteiger partial charge in [-0.25, -0.2) is 0 Å². The summed E-state index contributed by atoms with van der Waals surface area (Å²) in [5, 5.41) is -0.0737. The van der Waals surface area contributed by atoms with Gasteiger partial charge in [0.1, 0.15) is 10.8 Å². The Morgan fingerprint density at radius 2 is 1.79 bits per heavy atom. The minimum absolute atomic E-state index is 0.0536. The second-order valence-corrected chi connectivity index (χ2v) is 9.88. The number of alkyl halides is 1. The lowest BCUT2D eigenvalue weighted by atomic mass is 9.84. The van der Waals surface area contributed by atoms with Gasteiger partial charge in [-0.2, -0.15) is 0 Å². The Morgan fingerprint density at radius 3 is 2.21 bits per heavy atom. The summed E-state index contributed by atoms with van der Waals surface area (Å²) in [6, 6.07) is 4.19. The van der Waals surface area contributed by atoms with Crippen molar-refractivity contribution in [3.05, 3.63) is 27.7 Å². The fourth-order valence-electron chi connectivity index (χ4n) is 1.88. The first-order valence-corrected chi connectivity index (χ1v) is 10.8. The molecule has 0 amide bonds. The summed E-state index contributed by atoms with van der Waals surface area (Å²) in [4.78, 5) is 0. The molecule has 0 heterocycles. The Hall–Kier alpha value is 0.157. The summed E-state index contributed by atoms with van der Waals surface area (Å²) < 4.78 is 12.4. The van der Waals surface area contributed by atoms with E-state index in [1.165, 1.54) is 5.56 Å². The van der Waals surface area contributed by atoms with Crippen LogP contribution in [-0.4, -0.2) is 16.2 Å². The van der Waals surface area contributed by atoms with Crippen LogP contribution in [0, 0.1) is 0 Å². The standard InChI is InChI=1S/C14H22Br2O2Si/c1-14(2,3)10-8-11(15)12(17-4)7-9(10)13(16)18-19(5)6/h7-8,13,19H,1-6H3. The molecule has 0 saturated carbocycles. The zero-order valence-electron chi connectivity index (χ0n) is 12.4. The van der Waals surface area contributed by atoms with Crippen LogP contribution in [0.4, 0.5) is 0 Å². The number of benzene rings is 1. The first kappa shape index (κ1) is 17.2. The van der Waals surface area contributed by atoms with Gasteiger partial charge < -0.3 is 9.16 Å². The minimum Gasteiger partial charge on any atom is -0.496 e. The maximum atomic E-state index is 6.00. The quantitative estimate of drug-likeness (QED) is 0.505. The third kappa shape index (κ3) is 4.58. The highest BCUT2D eigenvalue weighted by Crippen LogP contribution is 2.40. The van der Waals surface area contributed by atoms with Crippen molar-refractivity contribution >= 4 is 40.9 Å². The summed E-state index contributed by atoms with van der Waals surface area (Å²) in [6.45, 7) is 11.0. The fourth-order valence-corrected chi connectivity index (χ4v) is 4.68. The molecule has 0 aliphatic heterocycles. The topological polar surface area (TPSA) is 18.5 Å². The van der Waals surface area contributed by atoms with Gasteiger partial charge in [-0.05, 0) is 57.7 Å². The zero-order chi connectivity index (χ0) is 14.8. The Kier molecular flexibility index (Phi) is 6.11. The van der Waals surface area contributed by atoms with Crippen LogP contribution < -0.4 is 4.74 Å². The van der Waals surface area contributed by atoms with Crippen LogP contribution in [0.1, 0.15) is 36.9 Å². The molecular weight excluding hydrogens is 388 g/mol. The highest BCUT2D eigenvalue weighted by Gasteiger charge is 2.24. The molecule has 1 aromatic rings. The zero-order valence-corrected chi connectivity index (χ0v) is 16.7. The van der Waals surface area contributed by atoms with E-state index in [1.807, 2.05) is 0 Å². The van der Waals surface area contributed by atoms with Crippen LogP contribution in [0.15, 0.2) is 16.6 Å². The van der Waals surface area contributed by atoms with Gasteiger partial charge in [-0.3, -0.25) is 0 Å². The van der Waals surface area contributed by atoms with Gasteiger partial charge in [-0.15, -0.1) is 0 Å². The third-order valence-electron chi connectivity index (χ3n) is 2.77. The van der Waals surface area contributed by atoms with Crippen LogP contribution in [0.5, 0.6) is 5.75 Å². The van der Waals surface area contributed by atoms with E-state index in [-0.39, 0.29) is 10.4 Å². The van der Waals surface area contributed by atoms with Gasteiger partial charge >= 0.3 is 0 Å². The monoisotopic (exact) mass is 408 g/mol. The van der Waals surface area contributed by atoms with Crippen LogP contribution in [0.2, 0.25) is 13.1 Å². The normalized spacial score (nSPS) is 13.7. The second kappa shape index (κ2) is 6.74. The summed E-state index contributed by atoms with van der Waals surface area (Å²) in [5.74, 6) is 0.835. The first-order valence-electron chi connectivity index (χ1n) is 6.34. The lowest BCUT2D eigenvalue weighted by Gasteiger charge is -2.27. The van der Waals surface area contributed by atoms with E-state index in [4.69, 9.17) is 9.16 Å². The molecule has 0 fully saturated rings. The highest BCUT2D eigenvalue weighted by molar-refractivity contribution is 9.10. The highest BCUT2D eigenvalue weighted by atomic mass is 79.9. The smallest absolute Gasteiger partial charge is 0.172 e. The molecule has 5 heteroatoms. The van der Waals surface area contributed by atoms with Gasteiger partial charge in [0.15, 0.2) is 9.04 Å². The van der Waals surface area contributed by atoms with E-state index in [0.717, 1.165) is 15.8 Å². The number of halogens is 2. The number of rotatable bonds is 4. The first-order chi connectivity index (χ1) is 8.66. The number of hydrogen-bond acceptors (Lipinski definition) is 2. The molecule has 1 aromatic carbocycles. The average molecular weight is 410 g/mol.